The molecule has 1 aromatic rings. The highest BCUT2D eigenvalue weighted by atomic mass is 16.5. The van der Waals surface area contributed by atoms with E-state index in [4.69, 9.17) is 10.5 Å². The maximum Gasteiger partial charge on any atom is 0.134 e. The molecular weight excluding hydrogens is 240 g/mol. The van der Waals surface area contributed by atoms with Crippen LogP contribution in [0.1, 0.15) is 37.6 Å². The molecule has 2 rings (SSSR count). The second-order valence-corrected chi connectivity index (χ2v) is 5.19. The fraction of sp³-hybridized carbons (Fsp3) is 0.714. The molecule has 1 aromatic heterocycles. The number of nitrogen functional groups attached to an aromatic ring is 1. The summed E-state index contributed by atoms with van der Waals surface area (Å²) in [7, 11) is 0. The summed E-state index contributed by atoms with van der Waals surface area (Å²) in [5, 5.41) is 3.39. The van der Waals surface area contributed by atoms with Gasteiger partial charge in [-0.05, 0) is 32.1 Å². The first kappa shape index (κ1) is 14.1. The Morgan fingerprint density at radius 2 is 2.26 bits per heavy atom. The summed E-state index contributed by atoms with van der Waals surface area (Å²) < 4.78 is 5.38. The molecule has 5 heteroatoms. The van der Waals surface area contributed by atoms with Crippen LogP contribution in [-0.4, -0.2) is 29.7 Å². The lowest BCUT2D eigenvalue weighted by molar-refractivity contribution is 0.185. The molecule has 5 nitrogen and oxygen atoms in total. The standard InChI is InChI=1S/C14H24N4O/c1-3-4-12-17-13(15)10(2)14(18-12)16-7-5-11-6-8-19-9-11/h11H,3-9H2,1-2H3,(H3,15,16,17,18). The zero-order valence-electron chi connectivity index (χ0n) is 11.9. The monoisotopic (exact) mass is 264 g/mol. The van der Waals surface area contributed by atoms with Gasteiger partial charge in [-0.3, -0.25) is 0 Å². The number of hydrogen-bond donors (Lipinski definition) is 2. The fourth-order valence-electron chi connectivity index (χ4n) is 2.30. The van der Waals surface area contributed by atoms with Gasteiger partial charge in [0.25, 0.3) is 0 Å². The van der Waals surface area contributed by atoms with Crippen molar-refractivity contribution < 1.29 is 4.74 Å². The number of hydrogen-bond acceptors (Lipinski definition) is 5. The van der Waals surface area contributed by atoms with E-state index in [1.54, 1.807) is 0 Å². The minimum Gasteiger partial charge on any atom is -0.383 e. The molecule has 0 saturated carbocycles. The molecule has 2 heterocycles. The highest BCUT2D eigenvalue weighted by Crippen LogP contribution is 2.20. The normalized spacial score (nSPS) is 18.7. The third-order valence-corrected chi connectivity index (χ3v) is 3.57. The molecule has 0 amide bonds. The van der Waals surface area contributed by atoms with Crippen LogP contribution >= 0.6 is 0 Å². The third kappa shape index (κ3) is 3.80. The van der Waals surface area contributed by atoms with Crippen molar-refractivity contribution in [3.8, 4) is 0 Å². The van der Waals surface area contributed by atoms with Crippen LogP contribution in [0.3, 0.4) is 0 Å². The molecule has 1 aliphatic heterocycles. The molecule has 1 unspecified atom stereocenters. The van der Waals surface area contributed by atoms with Gasteiger partial charge in [-0.25, -0.2) is 9.97 Å². The summed E-state index contributed by atoms with van der Waals surface area (Å²) in [4.78, 5) is 8.87. The van der Waals surface area contributed by atoms with Gasteiger partial charge in [0.15, 0.2) is 0 Å². The Hall–Kier alpha value is -1.36. The number of aryl methyl sites for hydroxylation is 1. The van der Waals surface area contributed by atoms with Gasteiger partial charge >= 0.3 is 0 Å². The molecule has 1 saturated heterocycles. The number of rotatable bonds is 6. The van der Waals surface area contributed by atoms with Crippen LogP contribution in [0, 0.1) is 12.8 Å². The van der Waals surface area contributed by atoms with E-state index in [1.165, 1.54) is 6.42 Å². The van der Waals surface area contributed by atoms with Crippen molar-refractivity contribution >= 4 is 11.6 Å². The van der Waals surface area contributed by atoms with Crippen molar-refractivity contribution in [3.63, 3.8) is 0 Å². The first-order valence-electron chi connectivity index (χ1n) is 7.15. The molecule has 1 atom stereocenters. The fourth-order valence-corrected chi connectivity index (χ4v) is 2.30. The van der Waals surface area contributed by atoms with Crippen molar-refractivity contribution in [2.24, 2.45) is 5.92 Å². The van der Waals surface area contributed by atoms with Crippen molar-refractivity contribution in [2.45, 2.75) is 39.5 Å². The van der Waals surface area contributed by atoms with Crippen molar-refractivity contribution in [1.29, 1.82) is 0 Å². The molecule has 3 N–H and O–H groups in total. The van der Waals surface area contributed by atoms with Gasteiger partial charge < -0.3 is 15.8 Å². The lowest BCUT2D eigenvalue weighted by Crippen LogP contribution is -2.13. The SMILES string of the molecule is CCCc1nc(N)c(C)c(NCCC2CCOC2)n1. The first-order chi connectivity index (χ1) is 9.20. The van der Waals surface area contributed by atoms with E-state index in [9.17, 15) is 0 Å². The summed E-state index contributed by atoms with van der Waals surface area (Å²) in [5.74, 6) is 2.99. The topological polar surface area (TPSA) is 73.1 Å². The van der Waals surface area contributed by atoms with Gasteiger partial charge in [-0.1, -0.05) is 6.92 Å². The summed E-state index contributed by atoms with van der Waals surface area (Å²) >= 11 is 0. The second kappa shape index (κ2) is 6.70. The average Bonchev–Trinajstić information content (AvgIpc) is 2.88. The maximum absolute atomic E-state index is 5.93. The van der Waals surface area contributed by atoms with Crippen LogP contribution in [0.25, 0.3) is 0 Å². The van der Waals surface area contributed by atoms with Gasteiger partial charge in [-0.2, -0.15) is 0 Å². The summed E-state index contributed by atoms with van der Waals surface area (Å²) in [6.07, 6.45) is 4.19. The Morgan fingerprint density at radius 3 is 2.95 bits per heavy atom. The van der Waals surface area contributed by atoms with E-state index in [1.807, 2.05) is 6.92 Å². The summed E-state index contributed by atoms with van der Waals surface area (Å²) in [6, 6.07) is 0. The molecule has 106 valence electrons. The van der Waals surface area contributed by atoms with Gasteiger partial charge in [-0.15, -0.1) is 0 Å². The Bertz CT molecular complexity index is 416. The molecule has 0 aliphatic carbocycles. The van der Waals surface area contributed by atoms with E-state index in [-0.39, 0.29) is 0 Å². The Kier molecular flexibility index (Phi) is 4.96. The maximum atomic E-state index is 5.93. The molecule has 19 heavy (non-hydrogen) atoms. The summed E-state index contributed by atoms with van der Waals surface area (Å²) in [6.45, 7) is 6.80. The zero-order valence-corrected chi connectivity index (χ0v) is 11.9. The van der Waals surface area contributed by atoms with Gasteiger partial charge in [0.2, 0.25) is 0 Å². The molecule has 0 bridgehead atoms. The smallest absolute Gasteiger partial charge is 0.134 e. The third-order valence-electron chi connectivity index (χ3n) is 3.57. The Labute approximate surface area is 115 Å². The zero-order chi connectivity index (χ0) is 13.7. The number of anilines is 2. The average molecular weight is 264 g/mol. The highest BCUT2D eigenvalue weighted by molar-refractivity contribution is 5.54. The minimum atomic E-state index is 0.588. The lowest BCUT2D eigenvalue weighted by Gasteiger charge is -2.13. The lowest BCUT2D eigenvalue weighted by atomic mass is 10.1. The second-order valence-electron chi connectivity index (χ2n) is 5.19. The van der Waals surface area contributed by atoms with Crippen LogP contribution in [0.15, 0.2) is 0 Å². The molecule has 1 aliphatic rings. The van der Waals surface area contributed by atoms with E-state index in [2.05, 4.69) is 22.2 Å². The van der Waals surface area contributed by atoms with E-state index >= 15 is 0 Å². The van der Waals surface area contributed by atoms with Gasteiger partial charge in [0, 0.05) is 31.7 Å². The molecular formula is C14H24N4O. The number of aromatic nitrogens is 2. The molecule has 0 aromatic carbocycles. The Morgan fingerprint density at radius 1 is 1.42 bits per heavy atom. The molecule has 1 fully saturated rings. The first-order valence-corrected chi connectivity index (χ1v) is 7.15. The largest absolute Gasteiger partial charge is 0.383 e. The Balaban J connectivity index is 1.93. The van der Waals surface area contributed by atoms with Crippen LogP contribution < -0.4 is 11.1 Å². The van der Waals surface area contributed by atoms with E-state index in [0.29, 0.717) is 11.7 Å². The van der Waals surface area contributed by atoms with E-state index < -0.39 is 0 Å². The number of nitrogens with one attached hydrogen (secondary N) is 1. The number of nitrogens with zero attached hydrogens (tertiary/aromatic N) is 2. The summed E-state index contributed by atoms with van der Waals surface area (Å²) in [5.41, 5.74) is 6.88. The van der Waals surface area contributed by atoms with E-state index in [0.717, 1.165) is 56.2 Å². The minimum absolute atomic E-state index is 0.588. The highest BCUT2D eigenvalue weighted by Gasteiger charge is 2.15. The van der Waals surface area contributed by atoms with Gasteiger partial charge in [0.05, 0.1) is 0 Å². The van der Waals surface area contributed by atoms with Gasteiger partial charge in [0.1, 0.15) is 17.5 Å². The van der Waals surface area contributed by atoms with Crippen LogP contribution in [-0.2, 0) is 11.2 Å². The molecule has 0 spiro atoms. The van der Waals surface area contributed by atoms with Crippen LogP contribution in [0.2, 0.25) is 0 Å². The van der Waals surface area contributed by atoms with Crippen molar-refractivity contribution in [2.75, 3.05) is 30.8 Å². The number of nitrogens with two attached hydrogens (primary N) is 1. The van der Waals surface area contributed by atoms with Crippen LogP contribution in [0.4, 0.5) is 11.6 Å². The van der Waals surface area contributed by atoms with Crippen molar-refractivity contribution in [1.82, 2.24) is 9.97 Å². The quantitative estimate of drug-likeness (QED) is 0.823. The predicted molar refractivity (Wildman–Crippen MR) is 77.2 cm³/mol. The van der Waals surface area contributed by atoms with Crippen molar-refractivity contribution in [3.05, 3.63) is 11.4 Å². The molecule has 0 radical (unpaired) electrons. The number of ether oxygens (including phenoxy) is 1. The van der Waals surface area contributed by atoms with Crippen LogP contribution in [0.5, 0.6) is 0 Å². The predicted octanol–water partition coefficient (Wildman–Crippen LogP) is 2.16.